The maximum atomic E-state index is 5.84. The third-order valence-corrected chi connectivity index (χ3v) is 2.69. The van der Waals surface area contributed by atoms with Crippen LogP contribution in [0.4, 0.5) is 5.82 Å². The molecule has 0 atom stereocenters. The predicted octanol–water partition coefficient (Wildman–Crippen LogP) is 2.64. The minimum absolute atomic E-state index is 0.487. The highest BCUT2D eigenvalue weighted by molar-refractivity contribution is 5.71. The first kappa shape index (κ1) is 11.6. The van der Waals surface area contributed by atoms with Crippen molar-refractivity contribution in [2.45, 2.75) is 13.5 Å². The van der Waals surface area contributed by atoms with Crippen molar-refractivity contribution in [3.05, 3.63) is 48.2 Å². The fourth-order valence-corrected chi connectivity index (χ4v) is 1.91. The van der Waals surface area contributed by atoms with Gasteiger partial charge in [-0.15, -0.1) is 0 Å². The summed E-state index contributed by atoms with van der Waals surface area (Å²) < 4.78 is 0. The summed E-state index contributed by atoms with van der Waals surface area (Å²) in [4.78, 5) is 4.33. The van der Waals surface area contributed by atoms with Gasteiger partial charge in [-0.1, -0.05) is 30.3 Å². The number of hydrogen-bond donors (Lipinski definition) is 2. The molecule has 0 saturated carbocycles. The molecule has 0 saturated heterocycles. The molecule has 17 heavy (non-hydrogen) atoms. The van der Waals surface area contributed by atoms with Crippen molar-refractivity contribution < 1.29 is 0 Å². The van der Waals surface area contributed by atoms with E-state index in [0.717, 1.165) is 23.5 Å². The van der Waals surface area contributed by atoms with Crippen molar-refractivity contribution in [1.29, 1.82) is 0 Å². The molecule has 1 heterocycles. The quantitative estimate of drug-likeness (QED) is 0.844. The largest absolute Gasteiger partial charge is 0.370 e. The Bertz CT molecular complexity index is 480. The molecule has 0 unspecified atom stereocenters. The van der Waals surface area contributed by atoms with Crippen LogP contribution in [0.25, 0.3) is 11.1 Å². The molecular weight excluding hydrogens is 210 g/mol. The van der Waals surface area contributed by atoms with Crippen LogP contribution in [0.5, 0.6) is 0 Å². The molecule has 0 radical (unpaired) electrons. The predicted molar refractivity (Wildman–Crippen MR) is 71.7 cm³/mol. The molecule has 88 valence electrons. The molecule has 2 aromatic rings. The van der Waals surface area contributed by atoms with Crippen LogP contribution in [-0.4, -0.2) is 11.5 Å². The molecule has 3 N–H and O–H groups in total. The molecule has 3 nitrogen and oxygen atoms in total. The van der Waals surface area contributed by atoms with Gasteiger partial charge in [-0.2, -0.15) is 0 Å². The van der Waals surface area contributed by atoms with E-state index in [1.165, 1.54) is 5.56 Å². The van der Waals surface area contributed by atoms with E-state index < -0.39 is 0 Å². The number of pyridine rings is 1. The van der Waals surface area contributed by atoms with Crippen molar-refractivity contribution in [1.82, 2.24) is 4.98 Å². The number of hydrogen-bond acceptors (Lipinski definition) is 3. The van der Waals surface area contributed by atoms with Gasteiger partial charge in [0.25, 0.3) is 0 Å². The third kappa shape index (κ3) is 2.45. The molecule has 1 aromatic heterocycles. The summed E-state index contributed by atoms with van der Waals surface area (Å²) in [5.74, 6) is 0.886. The number of aromatic nitrogens is 1. The molecule has 0 bridgehead atoms. The van der Waals surface area contributed by atoms with E-state index in [0.29, 0.717) is 6.54 Å². The van der Waals surface area contributed by atoms with Crippen LogP contribution >= 0.6 is 0 Å². The molecule has 1 aromatic carbocycles. The minimum Gasteiger partial charge on any atom is -0.370 e. The average molecular weight is 227 g/mol. The van der Waals surface area contributed by atoms with Crippen LogP contribution in [-0.2, 0) is 6.54 Å². The van der Waals surface area contributed by atoms with Gasteiger partial charge in [-0.05, 0) is 24.1 Å². The summed E-state index contributed by atoms with van der Waals surface area (Å²) in [6, 6.07) is 12.3. The van der Waals surface area contributed by atoms with Crippen molar-refractivity contribution in [3.8, 4) is 11.1 Å². The minimum atomic E-state index is 0.487. The summed E-state index contributed by atoms with van der Waals surface area (Å²) >= 11 is 0. The Labute approximate surface area is 102 Å². The number of nitrogens with zero attached hydrogens (tertiary/aromatic N) is 1. The van der Waals surface area contributed by atoms with Gasteiger partial charge in [0.05, 0.1) is 0 Å². The van der Waals surface area contributed by atoms with E-state index in [2.05, 4.69) is 29.4 Å². The number of anilines is 1. The van der Waals surface area contributed by atoms with Crippen molar-refractivity contribution >= 4 is 5.82 Å². The number of nitrogens with two attached hydrogens (primary N) is 1. The van der Waals surface area contributed by atoms with E-state index in [1.807, 2.05) is 30.5 Å². The maximum absolute atomic E-state index is 5.84. The topological polar surface area (TPSA) is 50.9 Å². The van der Waals surface area contributed by atoms with Crippen LogP contribution < -0.4 is 11.1 Å². The van der Waals surface area contributed by atoms with Gasteiger partial charge in [0, 0.05) is 24.8 Å². The van der Waals surface area contributed by atoms with Gasteiger partial charge in [0.2, 0.25) is 0 Å². The Balaban J connectivity index is 2.50. The molecule has 2 rings (SSSR count). The highest BCUT2D eigenvalue weighted by Gasteiger charge is 2.08. The monoisotopic (exact) mass is 227 g/mol. The van der Waals surface area contributed by atoms with E-state index >= 15 is 0 Å². The Morgan fingerprint density at radius 3 is 2.59 bits per heavy atom. The molecule has 0 aliphatic rings. The van der Waals surface area contributed by atoms with Crippen LogP contribution in [0, 0.1) is 0 Å². The van der Waals surface area contributed by atoms with E-state index in [4.69, 9.17) is 5.73 Å². The van der Waals surface area contributed by atoms with Crippen LogP contribution in [0.15, 0.2) is 42.6 Å². The van der Waals surface area contributed by atoms with E-state index in [9.17, 15) is 0 Å². The molecule has 0 fully saturated rings. The zero-order valence-electron chi connectivity index (χ0n) is 9.98. The third-order valence-electron chi connectivity index (χ3n) is 2.69. The molecule has 0 spiro atoms. The highest BCUT2D eigenvalue weighted by atomic mass is 15.0. The second kappa shape index (κ2) is 5.46. The van der Waals surface area contributed by atoms with Crippen LogP contribution in [0.2, 0.25) is 0 Å². The average Bonchev–Trinajstić information content (AvgIpc) is 2.40. The first-order chi connectivity index (χ1) is 8.36. The molecular formula is C14H17N3. The molecule has 3 heteroatoms. The normalized spacial score (nSPS) is 10.2. The Kier molecular flexibility index (Phi) is 3.73. The highest BCUT2D eigenvalue weighted by Crippen LogP contribution is 2.27. The summed E-state index contributed by atoms with van der Waals surface area (Å²) in [6.45, 7) is 3.38. The van der Waals surface area contributed by atoms with Gasteiger partial charge in [-0.3, -0.25) is 0 Å². The molecule has 0 amide bonds. The second-order valence-electron chi connectivity index (χ2n) is 3.79. The zero-order chi connectivity index (χ0) is 12.1. The number of benzene rings is 1. The zero-order valence-corrected chi connectivity index (χ0v) is 9.98. The number of rotatable bonds is 4. The summed E-state index contributed by atoms with van der Waals surface area (Å²) in [5.41, 5.74) is 9.24. The summed E-state index contributed by atoms with van der Waals surface area (Å²) in [7, 11) is 0. The van der Waals surface area contributed by atoms with Crippen LogP contribution in [0.1, 0.15) is 12.5 Å². The smallest absolute Gasteiger partial charge is 0.131 e. The molecule has 0 aliphatic heterocycles. The van der Waals surface area contributed by atoms with Crippen molar-refractivity contribution in [3.63, 3.8) is 0 Å². The summed E-state index contributed by atoms with van der Waals surface area (Å²) in [6.07, 6.45) is 1.82. The van der Waals surface area contributed by atoms with Gasteiger partial charge >= 0.3 is 0 Å². The Morgan fingerprint density at radius 1 is 1.18 bits per heavy atom. The fraction of sp³-hybridized carbons (Fsp3) is 0.214. The molecule has 0 aliphatic carbocycles. The van der Waals surface area contributed by atoms with Crippen molar-refractivity contribution in [2.24, 2.45) is 5.73 Å². The number of nitrogens with one attached hydrogen (secondary N) is 1. The Morgan fingerprint density at radius 2 is 1.94 bits per heavy atom. The van der Waals surface area contributed by atoms with E-state index in [1.54, 1.807) is 0 Å². The second-order valence-corrected chi connectivity index (χ2v) is 3.79. The van der Waals surface area contributed by atoms with Gasteiger partial charge < -0.3 is 11.1 Å². The first-order valence-corrected chi connectivity index (χ1v) is 5.84. The van der Waals surface area contributed by atoms with Crippen LogP contribution in [0.3, 0.4) is 0 Å². The summed E-state index contributed by atoms with van der Waals surface area (Å²) in [5, 5.41) is 3.25. The fourth-order valence-electron chi connectivity index (χ4n) is 1.91. The standard InChI is InChI=1S/C14H17N3/c1-2-16-14-13(10-15)12(8-9-17-14)11-6-4-3-5-7-11/h3-9H,2,10,15H2,1H3,(H,16,17). The lowest BCUT2D eigenvalue weighted by atomic mass is 10.0. The van der Waals surface area contributed by atoms with Gasteiger partial charge in [-0.25, -0.2) is 4.98 Å². The van der Waals surface area contributed by atoms with Crippen molar-refractivity contribution in [2.75, 3.05) is 11.9 Å². The SMILES string of the molecule is CCNc1nccc(-c2ccccc2)c1CN. The lowest BCUT2D eigenvalue weighted by Gasteiger charge is -2.13. The van der Waals surface area contributed by atoms with E-state index in [-0.39, 0.29) is 0 Å². The van der Waals surface area contributed by atoms with Gasteiger partial charge in [0.1, 0.15) is 5.82 Å². The lowest BCUT2D eigenvalue weighted by molar-refractivity contribution is 1.03. The lowest BCUT2D eigenvalue weighted by Crippen LogP contribution is -2.08. The maximum Gasteiger partial charge on any atom is 0.131 e. The van der Waals surface area contributed by atoms with Gasteiger partial charge in [0.15, 0.2) is 0 Å². The Hall–Kier alpha value is -1.87. The first-order valence-electron chi connectivity index (χ1n) is 5.84.